The molecular weight excluding hydrogens is 200 g/mol. The molecule has 0 unspecified atom stereocenters. The zero-order valence-electron chi connectivity index (χ0n) is 5.79. The van der Waals surface area contributed by atoms with Crippen LogP contribution < -0.4 is 0 Å². The minimum Gasteiger partial charge on any atom is -0.391 e. The average molecular weight is 211 g/mol. The third kappa shape index (κ3) is 1.92. The van der Waals surface area contributed by atoms with Gasteiger partial charge in [-0.15, -0.1) is 0 Å². The molecule has 1 aliphatic heterocycles. The van der Waals surface area contributed by atoms with E-state index in [0.717, 1.165) is 0 Å². The standard InChI is InChI=1S/C6H11BrO3/c1-9-6-5(7)2-4(8)3-10-6/h4-6,8H,2-3H2,1H3/t4-,5-,6-/m0/s1. The molecule has 0 bridgehead atoms. The quantitative estimate of drug-likeness (QED) is 0.642. The van der Waals surface area contributed by atoms with Gasteiger partial charge in [0.2, 0.25) is 0 Å². The number of hydrogen-bond acceptors (Lipinski definition) is 3. The molecule has 0 aromatic heterocycles. The Balaban J connectivity index is 2.36. The molecule has 0 saturated carbocycles. The Morgan fingerprint density at radius 1 is 1.70 bits per heavy atom. The molecule has 0 aliphatic carbocycles. The fourth-order valence-corrected chi connectivity index (χ4v) is 1.77. The molecule has 3 atom stereocenters. The van der Waals surface area contributed by atoms with Crippen molar-refractivity contribution in [2.75, 3.05) is 13.7 Å². The predicted octanol–water partition coefficient (Wildman–Crippen LogP) is 0.504. The Hall–Kier alpha value is 0.360. The fourth-order valence-electron chi connectivity index (χ4n) is 0.965. The Kier molecular flexibility index (Phi) is 3.10. The number of methoxy groups -OCH3 is 1. The molecule has 1 rings (SSSR count). The van der Waals surface area contributed by atoms with Gasteiger partial charge >= 0.3 is 0 Å². The highest BCUT2D eigenvalue weighted by Gasteiger charge is 2.27. The van der Waals surface area contributed by atoms with E-state index >= 15 is 0 Å². The highest BCUT2D eigenvalue weighted by molar-refractivity contribution is 9.09. The molecule has 0 spiro atoms. The second kappa shape index (κ2) is 3.67. The molecule has 60 valence electrons. The van der Waals surface area contributed by atoms with E-state index in [0.29, 0.717) is 13.0 Å². The molecule has 1 saturated heterocycles. The summed E-state index contributed by atoms with van der Waals surface area (Å²) < 4.78 is 10.1. The molecule has 3 nitrogen and oxygen atoms in total. The van der Waals surface area contributed by atoms with Crippen molar-refractivity contribution >= 4 is 15.9 Å². The van der Waals surface area contributed by atoms with Crippen molar-refractivity contribution in [3.63, 3.8) is 0 Å². The Bertz CT molecular complexity index is 109. The Labute approximate surface area is 68.4 Å². The highest BCUT2D eigenvalue weighted by atomic mass is 79.9. The van der Waals surface area contributed by atoms with Gasteiger partial charge < -0.3 is 14.6 Å². The van der Waals surface area contributed by atoms with Gasteiger partial charge in [0.05, 0.1) is 17.5 Å². The van der Waals surface area contributed by atoms with Crippen LogP contribution in [-0.4, -0.2) is 36.0 Å². The summed E-state index contributed by atoms with van der Waals surface area (Å²) in [6, 6.07) is 0. The van der Waals surface area contributed by atoms with Gasteiger partial charge in [-0.05, 0) is 6.42 Å². The second-order valence-electron chi connectivity index (χ2n) is 2.34. The third-order valence-electron chi connectivity index (χ3n) is 1.48. The van der Waals surface area contributed by atoms with Crippen molar-refractivity contribution in [3.05, 3.63) is 0 Å². The summed E-state index contributed by atoms with van der Waals surface area (Å²) in [7, 11) is 1.59. The summed E-state index contributed by atoms with van der Waals surface area (Å²) in [5.41, 5.74) is 0. The number of ether oxygens (including phenoxy) is 2. The van der Waals surface area contributed by atoms with Crippen LogP contribution in [0.1, 0.15) is 6.42 Å². The molecule has 10 heavy (non-hydrogen) atoms. The minimum absolute atomic E-state index is 0.112. The lowest BCUT2D eigenvalue weighted by atomic mass is 10.1. The van der Waals surface area contributed by atoms with Crippen LogP contribution in [0.25, 0.3) is 0 Å². The molecule has 4 heteroatoms. The van der Waals surface area contributed by atoms with E-state index in [4.69, 9.17) is 14.6 Å². The van der Waals surface area contributed by atoms with Crippen molar-refractivity contribution in [1.29, 1.82) is 0 Å². The first-order chi connectivity index (χ1) is 4.74. The highest BCUT2D eigenvalue weighted by Crippen LogP contribution is 2.21. The maximum absolute atomic E-state index is 9.08. The molecule has 1 N–H and O–H groups in total. The van der Waals surface area contributed by atoms with E-state index in [2.05, 4.69) is 15.9 Å². The maximum Gasteiger partial charge on any atom is 0.169 e. The number of halogens is 1. The van der Waals surface area contributed by atoms with Crippen LogP contribution >= 0.6 is 15.9 Å². The number of aliphatic hydroxyl groups is 1. The summed E-state index contributed by atoms with van der Waals surface area (Å²) in [5.74, 6) is 0. The molecule has 0 aromatic carbocycles. The molecule has 1 fully saturated rings. The van der Waals surface area contributed by atoms with Gasteiger partial charge in [0.15, 0.2) is 6.29 Å². The van der Waals surface area contributed by atoms with Crippen molar-refractivity contribution in [1.82, 2.24) is 0 Å². The first-order valence-electron chi connectivity index (χ1n) is 3.20. The normalized spacial score (nSPS) is 41.7. The van der Waals surface area contributed by atoms with Crippen LogP contribution in [0.2, 0.25) is 0 Å². The largest absolute Gasteiger partial charge is 0.391 e. The zero-order valence-corrected chi connectivity index (χ0v) is 7.37. The van der Waals surface area contributed by atoms with Crippen LogP contribution in [0, 0.1) is 0 Å². The van der Waals surface area contributed by atoms with E-state index in [1.807, 2.05) is 0 Å². The topological polar surface area (TPSA) is 38.7 Å². The first-order valence-corrected chi connectivity index (χ1v) is 4.12. The van der Waals surface area contributed by atoms with E-state index in [-0.39, 0.29) is 17.2 Å². The van der Waals surface area contributed by atoms with Gasteiger partial charge in [0.25, 0.3) is 0 Å². The summed E-state index contributed by atoms with van der Waals surface area (Å²) >= 11 is 3.35. The van der Waals surface area contributed by atoms with Gasteiger partial charge in [-0.2, -0.15) is 0 Å². The van der Waals surface area contributed by atoms with E-state index in [1.54, 1.807) is 7.11 Å². The lowest BCUT2D eigenvalue weighted by Crippen LogP contribution is -2.38. The first kappa shape index (κ1) is 8.46. The Morgan fingerprint density at radius 3 is 2.90 bits per heavy atom. The average Bonchev–Trinajstić information content (AvgIpc) is 1.88. The lowest BCUT2D eigenvalue weighted by molar-refractivity contribution is -0.166. The summed E-state index contributed by atoms with van der Waals surface area (Å²) in [4.78, 5) is 0.112. The molecule has 0 amide bonds. The van der Waals surface area contributed by atoms with Gasteiger partial charge in [0, 0.05) is 7.11 Å². The zero-order chi connectivity index (χ0) is 7.56. The number of rotatable bonds is 1. The van der Waals surface area contributed by atoms with E-state index in [9.17, 15) is 0 Å². The van der Waals surface area contributed by atoms with Crippen molar-refractivity contribution in [2.45, 2.75) is 23.6 Å². The monoisotopic (exact) mass is 210 g/mol. The van der Waals surface area contributed by atoms with Crippen molar-refractivity contribution in [3.8, 4) is 0 Å². The lowest BCUT2D eigenvalue weighted by Gasteiger charge is -2.29. The number of aliphatic hydroxyl groups excluding tert-OH is 1. The second-order valence-corrected chi connectivity index (χ2v) is 3.52. The van der Waals surface area contributed by atoms with Crippen molar-refractivity contribution in [2.24, 2.45) is 0 Å². The molecule has 1 heterocycles. The van der Waals surface area contributed by atoms with E-state index in [1.165, 1.54) is 0 Å². The minimum atomic E-state index is -0.351. The van der Waals surface area contributed by atoms with Gasteiger partial charge in [-0.1, -0.05) is 15.9 Å². The third-order valence-corrected chi connectivity index (χ3v) is 2.28. The predicted molar refractivity (Wildman–Crippen MR) is 40.1 cm³/mol. The molecule has 0 radical (unpaired) electrons. The smallest absolute Gasteiger partial charge is 0.169 e. The van der Waals surface area contributed by atoms with Gasteiger partial charge in [-0.3, -0.25) is 0 Å². The molecule has 1 aliphatic rings. The van der Waals surface area contributed by atoms with Crippen molar-refractivity contribution < 1.29 is 14.6 Å². The van der Waals surface area contributed by atoms with Crippen LogP contribution in [0.15, 0.2) is 0 Å². The fraction of sp³-hybridized carbons (Fsp3) is 1.00. The number of hydrogen-bond donors (Lipinski definition) is 1. The van der Waals surface area contributed by atoms with E-state index < -0.39 is 0 Å². The van der Waals surface area contributed by atoms with Crippen LogP contribution in [0.3, 0.4) is 0 Å². The SMILES string of the molecule is CO[C@H]1OC[C@@H](O)C[C@@H]1Br. The van der Waals surface area contributed by atoms with Gasteiger partial charge in [0.1, 0.15) is 0 Å². The summed E-state index contributed by atoms with van der Waals surface area (Å²) in [5, 5.41) is 9.08. The Morgan fingerprint density at radius 2 is 2.40 bits per heavy atom. The number of alkyl halides is 1. The van der Waals surface area contributed by atoms with Crippen LogP contribution in [0.5, 0.6) is 0 Å². The molecule has 0 aromatic rings. The van der Waals surface area contributed by atoms with Gasteiger partial charge in [-0.25, -0.2) is 0 Å². The van der Waals surface area contributed by atoms with Crippen LogP contribution in [-0.2, 0) is 9.47 Å². The summed E-state index contributed by atoms with van der Waals surface area (Å²) in [6.45, 7) is 0.376. The summed E-state index contributed by atoms with van der Waals surface area (Å²) in [6.07, 6.45) is 0.137. The molecular formula is C6H11BrO3. The maximum atomic E-state index is 9.08. The van der Waals surface area contributed by atoms with Crippen LogP contribution in [0.4, 0.5) is 0 Å².